The van der Waals surface area contributed by atoms with E-state index in [9.17, 15) is 14.9 Å². The number of nitrogens with zero attached hydrogens (tertiary/aromatic N) is 2. The van der Waals surface area contributed by atoms with Crippen LogP contribution in [0.3, 0.4) is 0 Å². The van der Waals surface area contributed by atoms with E-state index in [1.54, 1.807) is 31.2 Å². The average molecular weight is 296 g/mol. The van der Waals surface area contributed by atoms with Gasteiger partial charge in [0, 0.05) is 17.2 Å². The Morgan fingerprint density at radius 3 is 2.55 bits per heavy atom. The van der Waals surface area contributed by atoms with Gasteiger partial charge in [-0.25, -0.2) is 0 Å². The number of hydrogen-bond donors (Lipinski definition) is 0. The second-order valence-electron chi connectivity index (χ2n) is 4.61. The summed E-state index contributed by atoms with van der Waals surface area (Å²) in [4.78, 5) is 22.4. The summed E-state index contributed by atoms with van der Waals surface area (Å²) in [5.74, 6) is 0.0985. The predicted molar refractivity (Wildman–Crippen MR) is 78.8 cm³/mol. The number of ether oxygens (including phenoxy) is 1. The quantitative estimate of drug-likeness (QED) is 0.480. The lowest BCUT2D eigenvalue weighted by Crippen LogP contribution is -2.12. The molecule has 0 spiro atoms. The van der Waals surface area contributed by atoms with Crippen molar-refractivity contribution >= 4 is 11.5 Å². The molecule has 0 bridgehead atoms. The fraction of sp³-hybridized carbons (Fsp3) is 0.125. The fourth-order valence-electron chi connectivity index (χ4n) is 1.84. The SMILES string of the molecule is Cc1ccc(C(=O)COc2ccc(C#N)cc2)cc1[N+](=O)[O-]. The van der Waals surface area contributed by atoms with E-state index in [0.717, 1.165) is 0 Å². The van der Waals surface area contributed by atoms with Crippen LogP contribution in [0.15, 0.2) is 42.5 Å². The Bertz CT molecular complexity index is 761. The standard InChI is InChI=1S/C16H12N2O4/c1-11-2-5-13(8-15(11)18(20)21)16(19)10-22-14-6-3-12(9-17)4-7-14/h2-8H,10H2,1H3. The molecule has 0 N–H and O–H groups in total. The van der Waals surface area contributed by atoms with Crippen molar-refractivity contribution in [2.45, 2.75) is 6.92 Å². The van der Waals surface area contributed by atoms with Gasteiger partial charge in [-0.15, -0.1) is 0 Å². The maximum absolute atomic E-state index is 12.0. The van der Waals surface area contributed by atoms with Gasteiger partial charge >= 0.3 is 0 Å². The Morgan fingerprint density at radius 2 is 1.95 bits per heavy atom. The Labute approximate surface area is 126 Å². The van der Waals surface area contributed by atoms with Crippen LogP contribution in [-0.4, -0.2) is 17.3 Å². The molecule has 6 heteroatoms. The number of carbonyl (C=O) groups is 1. The summed E-state index contributed by atoms with van der Waals surface area (Å²) >= 11 is 0. The smallest absolute Gasteiger partial charge is 0.273 e. The molecular formula is C16H12N2O4. The number of ketones is 1. The molecule has 0 saturated carbocycles. The number of aryl methyl sites for hydroxylation is 1. The molecule has 0 aromatic heterocycles. The van der Waals surface area contributed by atoms with Gasteiger partial charge in [0.25, 0.3) is 5.69 Å². The number of rotatable bonds is 5. The van der Waals surface area contributed by atoms with Gasteiger partial charge in [-0.05, 0) is 31.2 Å². The third-order valence-corrected chi connectivity index (χ3v) is 3.08. The van der Waals surface area contributed by atoms with Crippen LogP contribution >= 0.6 is 0 Å². The van der Waals surface area contributed by atoms with E-state index in [2.05, 4.69) is 0 Å². The third kappa shape index (κ3) is 3.46. The lowest BCUT2D eigenvalue weighted by atomic mass is 10.1. The number of hydrogen-bond acceptors (Lipinski definition) is 5. The van der Waals surface area contributed by atoms with Crippen molar-refractivity contribution in [3.63, 3.8) is 0 Å². The van der Waals surface area contributed by atoms with E-state index in [1.807, 2.05) is 6.07 Å². The van der Waals surface area contributed by atoms with Crippen molar-refractivity contribution < 1.29 is 14.5 Å². The maximum Gasteiger partial charge on any atom is 0.273 e. The van der Waals surface area contributed by atoms with Crippen LogP contribution < -0.4 is 4.74 Å². The average Bonchev–Trinajstić information content (AvgIpc) is 2.53. The Balaban J connectivity index is 2.07. The van der Waals surface area contributed by atoms with Gasteiger partial charge in [-0.1, -0.05) is 12.1 Å². The van der Waals surface area contributed by atoms with Crippen molar-refractivity contribution in [3.05, 3.63) is 69.3 Å². The van der Waals surface area contributed by atoms with Gasteiger partial charge in [0.1, 0.15) is 5.75 Å². The number of nitro groups is 1. The van der Waals surface area contributed by atoms with Gasteiger partial charge in [-0.2, -0.15) is 5.26 Å². The molecule has 2 aromatic rings. The number of nitro benzene ring substituents is 1. The lowest BCUT2D eigenvalue weighted by molar-refractivity contribution is -0.385. The first-order valence-corrected chi connectivity index (χ1v) is 6.42. The van der Waals surface area contributed by atoms with Gasteiger partial charge in [0.05, 0.1) is 16.6 Å². The third-order valence-electron chi connectivity index (χ3n) is 3.08. The molecule has 2 aromatic carbocycles. The minimum Gasteiger partial charge on any atom is -0.485 e. The second kappa shape index (κ2) is 6.50. The largest absolute Gasteiger partial charge is 0.485 e. The number of Topliss-reactive ketones (excluding diaryl/α,β-unsaturated/α-hetero) is 1. The summed E-state index contributed by atoms with van der Waals surface area (Å²) in [5, 5.41) is 19.6. The number of carbonyl (C=O) groups excluding carboxylic acids is 1. The lowest BCUT2D eigenvalue weighted by Gasteiger charge is -2.06. The van der Waals surface area contributed by atoms with Gasteiger partial charge in [-0.3, -0.25) is 14.9 Å². The van der Waals surface area contributed by atoms with Crippen LogP contribution in [0.5, 0.6) is 5.75 Å². The monoisotopic (exact) mass is 296 g/mol. The van der Waals surface area contributed by atoms with Crippen molar-refractivity contribution in [2.24, 2.45) is 0 Å². The Morgan fingerprint density at radius 1 is 1.27 bits per heavy atom. The number of nitriles is 1. The molecule has 0 unspecified atom stereocenters. The first-order chi connectivity index (χ1) is 10.5. The van der Waals surface area contributed by atoms with Gasteiger partial charge < -0.3 is 4.74 Å². The summed E-state index contributed by atoms with van der Waals surface area (Å²) in [6.45, 7) is 1.38. The zero-order valence-corrected chi connectivity index (χ0v) is 11.8. The molecule has 0 saturated heterocycles. The first-order valence-electron chi connectivity index (χ1n) is 6.42. The van der Waals surface area contributed by atoms with Gasteiger partial charge in [0.2, 0.25) is 0 Å². The first kappa shape index (κ1) is 15.2. The second-order valence-corrected chi connectivity index (χ2v) is 4.61. The molecule has 6 nitrogen and oxygen atoms in total. The molecule has 0 heterocycles. The van der Waals surface area contributed by atoms with Crippen LogP contribution in [0.25, 0.3) is 0 Å². The minimum atomic E-state index is -0.520. The van der Waals surface area contributed by atoms with E-state index in [1.165, 1.54) is 18.2 Å². The topological polar surface area (TPSA) is 93.2 Å². The highest BCUT2D eigenvalue weighted by Crippen LogP contribution is 2.20. The maximum atomic E-state index is 12.0. The summed E-state index contributed by atoms with van der Waals surface area (Å²) in [6, 6.07) is 12.6. The molecule has 0 atom stereocenters. The number of benzene rings is 2. The zero-order chi connectivity index (χ0) is 16.1. The van der Waals surface area contributed by atoms with Gasteiger partial charge in [0.15, 0.2) is 12.4 Å². The summed E-state index contributed by atoms with van der Waals surface area (Å²) < 4.78 is 5.32. The molecule has 0 amide bonds. The highest BCUT2D eigenvalue weighted by molar-refractivity contribution is 5.97. The molecule has 0 radical (unpaired) electrons. The Hall–Kier alpha value is -3.20. The minimum absolute atomic E-state index is 0.0933. The normalized spacial score (nSPS) is 9.82. The van der Waals surface area contributed by atoms with Crippen LogP contribution in [0.4, 0.5) is 5.69 Å². The van der Waals surface area contributed by atoms with E-state index in [4.69, 9.17) is 10.00 Å². The van der Waals surface area contributed by atoms with E-state index < -0.39 is 4.92 Å². The summed E-state index contributed by atoms with van der Waals surface area (Å²) in [5.41, 5.74) is 1.12. The molecule has 2 rings (SSSR count). The van der Waals surface area contributed by atoms with Crippen molar-refractivity contribution in [3.8, 4) is 11.8 Å². The van der Waals surface area contributed by atoms with E-state index in [0.29, 0.717) is 16.9 Å². The fourth-order valence-corrected chi connectivity index (χ4v) is 1.84. The molecule has 110 valence electrons. The zero-order valence-electron chi connectivity index (χ0n) is 11.8. The van der Waals surface area contributed by atoms with Crippen molar-refractivity contribution in [1.82, 2.24) is 0 Å². The van der Waals surface area contributed by atoms with E-state index >= 15 is 0 Å². The summed E-state index contributed by atoms with van der Waals surface area (Å²) in [6.07, 6.45) is 0. The predicted octanol–water partition coefficient (Wildman–Crippen LogP) is 3.04. The van der Waals surface area contributed by atoms with Crippen LogP contribution in [0.2, 0.25) is 0 Å². The van der Waals surface area contributed by atoms with E-state index in [-0.39, 0.29) is 23.6 Å². The van der Waals surface area contributed by atoms with Crippen molar-refractivity contribution in [2.75, 3.05) is 6.61 Å². The molecule has 0 aliphatic heterocycles. The van der Waals surface area contributed by atoms with Crippen LogP contribution in [0, 0.1) is 28.4 Å². The molecule has 22 heavy (non-hydrogen) atoms. The highest BCUT2D eigenvalue weighted by atomic mass is 16.6. The summed E-state index contributed by atoms with van der Waals surface area (Å²) in [7, 11) is 0. The van der Waals surface area contributed by atoms with Crippen molar-refractivity contribution in [1.29, 1.82) is 5.26 Å². The molecule has 0 aliphatic rings. The van der Waals surface area contributed by atoms with Crippen LogP contribution in [0.1, 0.15) is 21.5 Å². The molecule has 0 aliphatic carbocycles. The highest BCUT2D eigenvalue weighted by Gasteiger charge is 2.15. The molecular weight excluding hydrogens is 284 g/mol. The molecule has 0 fully saturated rings. The van der Waals surface area contributed by atoms with Crippen LogP contribution in [-0.2, 0) is 0 Å². The Kier molecular flexibility index (Phi) is 4.49.